The second kappa shape index (κ2) is 8.98. The molecule has 0 heterocycles. The molecule has 29 heavy (non-hydrogen) atoms. The molecule has 7 heteroatoms. The zero-order chi connectivity index (χ0) is 20.9. The van der Waals surface area contributed by atoms with Crippen molar-refractivity contribution in [3.05, 3.63) is 77.9 Å². The summed E-state index contributed by atoms with van der Waals surface area (Å²) in [6.45, 7) is 1.71. The van der Waals surface area contributed by atoms with Crippen molar-refractivity contribution in [2.75, 3.05) is 6.54 Å². The third-order valence-electron chi connectivity index (χ3n) is 4.55. The van der Waals surface area contributed by atoms with Crippen molar-refractivity contribution in [2.24, 2.45) is 0 Å². The summed E-state index contributed by atoms with van der Waals surface area (Å²) in [5.41, 5.74) is 1.32. The van der Waals surface area contributed by atoms with Gasteiger partial charge in [0.05, 0.1) is 4.90 Å². The first-order chi connectivity index (χ1) is 13.9. The van der Waals surface area contributed by atoms with Crippen LogP contribution in [-0.2, 0) is 21.4 Å². The Morgan fingerprint density at radius 1 is 0.931 bits per heavy atom. The zero-order valence-electron chi connectivity index (χ0n) is 16.0. The average Bonchev–Trinajstić information content (AvgIpc) is 2.72. The topological polar surface area (TPSA) is 92.3 Å². The van der Waals surface area contributed by atoms with Crippen LogP contribution in [0.1, 0.15) is 29.3 Å². The number of hydrogen-bond donors (Lipinski definition) is 2. The van der Waals surface area contributed by atoms with Gasteiger partial charge >= 0.3 is 0 Å². The lowest BCUT2D eigenvalue weighted by molar-refractivity contribution is -0.121. The number of Topliss-reactive ketones (excluding diaryl/α,β-unsaturated/α-hetero) is 1. The van der Waals surface area contributed by atoms with Gasteiger partial charge in [-0.2, -0.15) is 0 Å². The molecular weight excluding hydrogens is 388 g/mol. The highest BCUT2D eigenvalue weighted by atomic mass is 32.2. The minimum absolute atomic E-state index is 0.00126. The lowest BCUT2D eigenvalue weighted by Crippen LogP contribution is -2.30. The lowest BCUT2D eigenvalue weighted by atomic mass is 10.0. The van der Waals surface area contributed by atoms with Gasteiger partial charge in [0.25, 0.3) is 0 Å². The van der Waals surface area contributed by atoms with Crippen molar-refractivity contribution >= 4 is 32.5 Å². The molecule has 2 N–H and O–H groups in total. The van der Waals surface area contributed by atoms with Crippen LogP contribution in [0.2, 0.25) is 0 Å². The lowest BCUT2D eigenvalue weighted by Gasteiger charge is -2.10. The van der Waals surface area contributed by atoms with Crippen LogP contribution in [-0.4, -0.2) is 26.7 Å². The fourth-order valence-corrected chi connectivity index (χ4v) is 4.07. The summed E-state index contributed by atoms with van der Waals surface area (Å²) in [7, 11) is -3.79. The number of ketones is 1. The van der Waals surface area contributed by atoms with Crippen molar-refractivity contribution in [3.8, 4) is 0 Å². The van der Waals surface area contributed by atoms with Gasteiger partial charge in [-0.15, -0.1) is 0 Å². The highest BCUT2D eigenvalue weighted by molar-refractivity contribution is 7.89. The molecule has 0 aromatic heterocycles. The highest BCUT2D eigenvalue weighted by Crippen LogP contribution is 2.18. The van der Waals surface area contributed by atoms with Crippen molar-refractivity contribution in [2.45, 2.75) is 24.8 Å². The number of nitrogens with one attached hydrogen (secondary N) is 2. The Balaban J connectivity index is 1.54. The van der Waals surface area contributed by atoms with Crippen molar-refractivity contribution in [1.82, 2.24) is 10.0 Å². The largest absolute Gasteiger partial charge is 0.352 e. The van der Waals surface area contributed by atoms with Crippen LogP contribution < -0.4 is 10.0 Å². The second-order valence-electron chi connectivity index (χ2n) is 6.65. The van der Waals surface area contributed by atoms with Crippen LogP contribution >= 0.6 is 0 Å². The van der Waals surface area contributed by atoms with Crippen molar-refractivity contribution < 1.29 is 18.0 Å². The maximum Gasteiger partial charge on any atom is 0.240 e. The molecule has 0 atom stereocenters. The van der Waals surface area contributed by atoms with Crippen LogP contribution in [0.25, 0.3) is 10.8 Å². The number of amides is 1. The molecule has 150 valence electrons. The smallest absolute Gasteiger partial charge is 0.240 e. The van der Waals surface area contributed by atoms with E-state index in [1.54, 1.807) is 6.07 Å². The standard InChI is InChI=1S/C22H22N2O4S/c1-16(25)18-8-5-10-20(14-18)29(27,28)24-13-12-22(26)23-15-19-9-4-7-17-6-2-3-11-21(17)19/h2-11,14,24H,12-13,15H2,1H3,(H,23,26). The Morgan fingerprint density at radius 3 is 2.45 bits per heavy atom. The molecular formula is C22H22N2O4S. The summed E-state index contributed by atoms with van der Waals surface area (Å²) in [5.74, 6) is -0.465. The van der Waals surface area contributed by atoms with Crippen LogP contribution in [0, 0.1) is 0 Å². The third-order valence-corrected chi connectivity index (χ3v) is 6.01. The molecule has 3 rings (SSSR count). The van der Waals surface area contributed by atoms with E-state index in [1.165, 1.54) is 25.1 Å². The van der Waals surface area contributed by atoms with Gasteiger partial charge < -0.3 is 5.32 Å². The summed E-state index contributed by atoms with van der Waals surface area (Å²) >= 11 is 0. The number of sulfonamides is 1. The molecule has 0 spiro atoms. The molecule has 1 amide bonds. The Kier molecular flexibility index (Phi) is 6.41. The van der Waals surface area contributed by atoms with Crippen LogP contribution in [0.15, 0.2) is 71.6 Å². The molecule has 0 aliphatic rings. The SMILES string of the molecule is CC(=O)c1cccc(S(=O)(=O)NCCC(=O)NCc2cccc3ccccc23)c1. The maximum absolute atomic E-state index is 12.4. The summed E-state index contributed by atoms with van der Waals surface area (Å²) in [5, 5.41) is 4.99. The van der Waals surface area contributed by atoms with Gasteiger partial charge in [-0.1, -0.05) is 54.6 Å². The highest BCUT2D eigenvalue weighted by Gasteiger charge is 2.15. The van der Waals surface area contributed by atoms with E-state index in [2.05, 4.69) is 10.0 Å². The molecule has 0 fully saturated rings. The van der Waals surface area contributed by atoms with Crippen LogP contribution in [0.4, 0.5) is 0 Å². The van der Waals surface area contributed by atoms with E-state index in [-0.39, 0.29) is 29.6 Å². The number of hydrogen-bond acceptors (Lipinski definition) is 4. The first kappa shape index (κ1) is 20.7. The molecule has 0 aliphatic carbocycles. The van der Waals surface area contributed by atoms with Gasteiger partial charge in [-0.25, -0.2) is 13.1 Å². The van der Waals surface area contributed by atoms with E-state index in [0.717, 1.165) is 16.3 Å². The fourth-order valence-electron chi connectivity index (χ4n) is 2.99. The number of carbonyl (C=O) groups is 2. The third kappa shape index (κ3) is 5.28. The van der Waals surface area contributed by atoms with Crippen molar-refractivity contribution in [1.29, 1.82) is 0 Å². The quantitative estimate of drug-likeness (QED) is 0.559. The summed E-state index contributed by atoms with van der Waals surface area (Å²) in [4.78, 5) is 23.6. The molecule has 0 unspecified atom stereocenters. The number of fused-ring (bicyclic) bond motifs is 1. The molecule has 0 saturated carbocycles. The Labute approximate surface area is 170 Å². The van der Waals surface area contributed by atoms with Gasteiger partial charge in [0.1, 0.15) is 0 Å². The minimum atomic E-state index is -3.79. The number of carbonyl (C=O) groups excluding carboxylic acids is 2. The summed E-state index contributed by atoms with van der Waals surface area (Å²) < 4.78 is 27.1. The zero-order valence-corrected chi connectivity index (χ0v) is 16.8. The molecule has 6 nitrogen and oxygen atoms in total. The van der Waals surface area contributed by atoms with Crippen LogP contribution in [0.5, 0.6) is 0 Å². The minimum Gasteiger partial charge on any atom is -0.352 e. The molecule has 3 aromatic rings. The predicted molar refractivity (Wildman–Crippen MR) is 112 cm³/mol. The van der Waals surface area contributed by atoms with E-state index in [0.29, 0.717) is 12.1 Å². The van der Waals surface area contributed by atoms with Gasteiger partial charge in [0, 0.05) is 25.1 Å². The van der Waals surface area contributed by atoms with Gasteiger partial charge in [-0.05, 0) is 35.4 Å². The van der Waals surface area contributed by atoms with Gasteiger partial charge in [0.2, 0.25) is 15.9 Å². The Morgan fingerprint density at radius 2 is 1.66 bits per heavy atom. The predicted octanol–water partition coefficient (Wildman–Crippen LogP) is 3.03. The molecule has 3 aromatic carbocycles. The summed E-state index contributed by atoms with van der Waals surface area (Å²) in [6, 6.07) is 19.6. The van der Waals surface area contributed by atoms with Crippen LogP contribution in [0.3, 0.4) is 0 Å². The number of benzene rings is 3. The molecule has 0 bridgehead atoms. The molecule has 0 saturated heterocycles. The Hall–Kier alpha value is -3.03. The average molecular weight is 410 g/mol. The first-order valence-electron chi connectivity index (χ1n) is 9.21. The normalized spacial score (nSPS) is 11.3. The summed E-state index contributed by atoms with van der Waals surface area (Å²) in [6.07, 6.45) is 0.0103. The van der Waals surface area contributed by atoms with E-state index in [1.807, 2.05) is 42.5 Å². The Bertz CT molecular complexity index is 1150. The molecule has 0 radical (unpaired) electrons. The van der Waals surface area contributed by atoms with E-state index in [4.69, 9.17) is 0 Å². The number of rotatable bonds is 8. The van der Waals surface area contributed by atoms with Crippen molar-refractivity contribution in [3.63, 3.8) is 0 Å². The fraction of sp³-hybridized carbons (Fsp3) is 0.182. The van der Waals surface area contributed by atoms with E-state index >= 15 is 0 Å². The van der Waals surface area contributed by atoms with E-state index < -0.39 is 10.0 Å². The van der Waals surface area contributed by atoms with E-state index in [9.17, 15) is 18.0 Å². The first-order valence-corrected chi connectivity index (χ1v) is 10.7. The van der Waals surface area contributed by atoms with Gasteiger partial charge in [-0.3, -0.25) is 9.59 Å². The van der Waals surface area contributed by atoms with Gasteiger partial charge in [0.15, 0.2) is 5.78 Å². The second-order valence-corrected chi connectivity index (χ2v) is 8.41. The monoisotopic (exact) mass is 410 g/mol. The maximum atomic E-state index is 12.4. The molecule has 0 aliphatic heterocycles.